The van der Waals surface area contributed by atoms with Gasteiger partial charge in [-0.3, -0.25) is 14.9 Å². The highest BCUT2D eigenvalue weighted by Gasteiger charge is 2.31. The number of nitro groups is 1. The molecule has 6 nitrogen and oxygen atoms in total. The molecule has 25 heavy (non-hydrogen) atoms. The van der Waals surface area contributed by atoms with Gasteiger partial charge in [0.1, 0.15) is 11.3 Å². The van der Waals surface area contributed by atoms with Gasteiger partial charge in [0.2, 0.25) is 11.6 Å². The average Bonchev–Trinajstić information content (AvgIpc) is 2.55. The lowest BCUT2D eigenvalue weighted by atomic mass is 10.1. The van der Waals surface area contributed by atoms with Crippen molar-refractivity contribution in [3.8, 4) is 5.75 Å². The first kappa shape index (κ1) is 18.2. The molecule has 0 aromatic heterocycles. The molecule has 0 bridgehead atoms. The highest BCUT2D eigenvalue weighted by Crippen LogP contribution is 2.31. The van der Waals surface area contributed by atoms with Crippen molar-refractivity contribution in [2.24, 2.45) is 0 Å². The standard InChI is InChI=1S/C15H10F4N2O4/c1-6-3-4-7(8(5-6)21(23)24)20-15(22)9-10(16)12(18)14(25-2)13(19)11(9)17/h3-5H,1-2H3,(H,20,22). The third-order valence-corrected chi connectivity index (χ3v) is 3.25. The van der Waals surface area contributed by atoms with Gasteiger partial charge in [-0.05, 0) is 18.6 Å². The van der Waals surface area contributed by atoms with Crippen molar-refractivity contribution in [2.45, 2.75) is 6.92 Å². The number of nitro benzene ring substituents is 1. The van der Waals surface area contributed by atoms with E-state index in [1.807, 2.05) is 5.32 Å². The molecule has 2 aromatic carbocycles. The smallest absolute Gasteiger partial charge is 0.293 e. The van der Waals surface area contributed by atoms with Crippen molar-refractivity contribution >= 4 is 17.3 Å². The molecular weight excluding hydrogens is 348 g/mol. The zero-order valence-electron chi connectivity index (χ0n) is 12.8. The Labute approximate surface area is 138 Å². The average molecular weight is 358 g/mol. The fourth-order valence-electron chi connectivity index (χ4n) is 2.07. The minimum atomic E-state index is -1.98. The summed E-state index contributed by atoms with van der Waals surface area (Å²) in [6.45, 7) is 1.55. The summed E-state index contributed by atoms with van der Waals surface area (Å²) in [6, 6.07) is 3.62. The molecule has 2 aromatic rings. The van der Waals surface area contributed by atoms with E-state index in [9.17, 15) is 32.5 Å². The van der Waals surface area contributed by atoms with Gasteiger partial charge in [0, 0.05) is 6.07 Å². The van der Waals surface area contributed by atoms with Crippen LogP contribution in [0.4, 0.5) is 28.9 Å². The Morgan fingerprint density at radius 1 is 1.12 bits per heavy atom. The second kappa shape index (κ2) is 6.75. The van der Waals surface area contributed by atoms with E-state index in [1.165, 1.54) is 6.07 Å². The van der Waals surface area contributed by atoms with E-state index in [1.54, 1.807) is 6.92 Å². The lowest BCUT2D eigenvalue weighted by molar-refractivity contribution is -0.384. The molecule has 0 saturated carbocycles. The number of nitrogens with one attached hydrogen (secondary N) is 1. The fourth-order valence-corrected chi connectivity index (χ4v) is 2.07. The van der Waals surface area contributed by atoms with Crippen molar-refractivity contribution in [1.82, 2.24) is 0 Å². The molecule has 0 saturated heterocycles. The number of rotatable bonds is 4. The number of hydrogen-bond acceptors (Lipinski definition) is 4. The van der Waals surface area contributed by atoms with Gasteiger partial charge >= 0.3 is 0 Å². The molecule has 0 radical (unpaired) electrons. The van der Waals surface area contributed by atoms with Crippen molar-refractivity contribution in [2.75, 3.05) is 12.4 Å². The van der Waals surface area contributed by atoms with Crippen LogP contribution in [0.5, 0.6) is 5.75 Å². The maximum Gasteiger partial charge on any atom is 0.293 e. The van der Waals surface area contributed by atoms with Crippen molar-refractivity contribution in [1.29, 1.82) is 0 Å². The Hall–Kier alpha value is -3.17. The van der Waals surface area contributed by atoms with Gasteiger partial charge in [-0.2, -0.15) is 8.78 Å². The summed E-state index contributed by atoms with van der Waals surface area (Å²) in [5, 5.41) is 12.9. The van der Waals surface area contributed by atoms with Gasteiger partial charge in [-0.15, -0.1) is 0 Å². The second-order valence-corrected chi connectivity index (χ2v) is 4.90. The molecule has 0 heterocycles. The summed E-state index contributed by atoms with van der Waals surface area (Å²) in [5.74, 6) is -10.7. The molecule has 0 aliphatic heterocycles. The number of benzene rings is 2. The highest BCUT2D eigenvalue weighted by atomic mass is 19.2. The van der Waals surface area contributed by atoms with Crippen LogP contribution in [0.15, 0.2) is 18.2 Å². The van der Waals surface area contributed by atoms with Crippen molar-refractivity contribution < 1.29 is 32.0 Å². The topological polar surface area (TPSA) is 81.5 Å². The van der Waals surface area contributed by atoms with E-state index in [-0.39, 0.29) is 0 Å². The molecule has 0 unspecified atom stereocenters. The summed E-state index contributed by atoms with van der Waals surface area (Å²) in [6.07, 6.45) is 0. The fraction of sp³-hybridized carbons (Fsp3) is 0.133. The van der Waals surface area contributed by atoms with E-state index in [2.05, 4.69) is 4.74 Å². The van der Waals surface area contributed by atoms with Crippen LogP contribution in [0.1, 0.15) is 15.9 Å². The van der Waals surface area contributed by atoms with Crippen LogP contribution in [0.25, 0.3) is 0 Å². The predicted molar refractivity (Wildman–Crippen MR) is 78.6 cm³/mol. The first-order chi connectivity index (χ1) is 11.7. The maximum atomic E-state index is 13.9. The van der Waals surface area contributed by atoms with E-state index in [4.69, 9.17) is 0 Å². The summed E-state index contributed by atoms with van der Waals surface area (Å²) in [7, 11) is 0.787. The number of amides is 1. The second-order valence-electron chi connectivity index (χ2n) is 4.90. The predicted octanol–water partition coefficient (Wildman–Crippen LogP) is 3.72. The lowest BCUT2D eigenvalue weighted by Gasteiger charge is -2.11. The molecule has 0 aliphatic rings. The number of hydrogen-bond donors (Lipinski definition) is 1. The zero-order chi connectivity index (χ0) is 18.9. The van der Waals surface area contributed by atoms with E-state index in [0.29, 0.717) is 5.56 Å². The van der Waals surface area contributed by atoms with Crippen LogP contribution in [-0.4, -0.2) is 17.9 Å². The summed E-state index contributed by atoms with van der Waals surface area (Å²) >= 11 is 0. The van der Waals surface area contributed by atoms with Crippen molar-refractivity contribution in [3.05, 3.63) is 62.7 Å². The Bertz CT molecular complexity index is 857. The molecule has 10 heteroatoms. The van der Waals surface area contributed by atoms with E-state index in [0.717, 1.165) is 19.2 Å². The summed E-state index contributed by atoms with van der Waals surface area (Å²) in [5.41, 5.74) is -2.02. The van der Waals surface area contributed by atoms with Crippen LogP contribution in [0, 0.1) is 40.3 Å². The Morgan fingerprint density at radius 3 is 2.16 bits per heavy atom. The number of aryl methyl sites for hydroxylation is 1. The van der Waals surface area contributed by atoms with Gasteiger partial charge in [0.05, 0.1) is 12.0 Å². The molecule has 132 valence electrons. The first-order valence-corrected chi connectivity index (χ1v) is 6.65. The summed E-state index contributed by atoms with van der Waals surface area (Å²) in [4.78, 5) is 22.2. The van der Waals surface area contributed by atoms with Crippen LogP contribution < -0.4 is 10.1 Å². The third-order valence-electron chi connectivity index (χ3n) is 3.25. The van der Waals surface area contributed by atoms with E-state index >= 15 is 0 Å². The minimum absolute atomic E-state index is 0.393. The molecule has 0 aliphatic carbocycles. The SMILES string of the molecule is COc1c(F)c(F)c(C(=O)Nc2ccc(C)cc2[N+](=O)[O-])c(F)c1F. The highest BCUT2D eigenvalue weighted by molar-refractivity contribution is 6.06. The van der Waals surface area contributed by atoms with E-state index < -0.39 is 56.8 Å². The number of carbonyl (C=O) groups is 1. The Balaban J connectivity index is 2.52. The molecule has 1 N–H and O–H groups in total. The van der Waals surface area contributed by atoms with Gasteiger partial charge in [0.15, 0.2) is 17.4 Å². The lowest BCUT2D eigenvalue weighted by Crippen LogP contribution is -2.19. The number of nitrogens with zero attached hydrogens (tertiary/aromatic N) is 1. The van der Waals surface area contributed by atoms with Gasteiger partial charge in [-0.25, -0.2) is 8.78 Å². The van der Waals surface area contributed by atoms with Gasteiger partial charge < -0.3 is 10.1 Å². The van der Waals surface area contributed by atoms with Crippen LogP contribution >= 0.6 is 0 Å². The quantitative estimate of drug-likeness (QED) is 0.391. The summed E-state index contributed by atoms with van der Waals surface area (Å²) < 4.78 is 59.4. The number of carbonyl (C=O) groups excluding carboxylic acids is 1. The minimum Gasteiger partial charge on any atom is -0.491 e. The normalized spacial score (nSPS) is 10.5. The Morgan fingerprint density at radius 2 is 1.68 bits per heavy atom. The maximum absolute atomic E-state index is 13.9. The number of ether oxygens (including phenoxy) is 1. The number of anilines is 1. The molecular formula is C15H10F4N2O4. The van der Waals surface area contributed by atoms with Crippen molar-refractivity contribution in [3.63, 3.8) is 0 Å². The molecule has 0 spiro atoms. The van der Waals surface area contributed by atoms with Crippen LogP contribution in [0.2, 0.25) is 0 Å². The Kier molecular flexibility index (Phi) is 4.91. The van der Waals surface area contributed by atoms with Gasteiger partial charge in [-0.1, -0.05) is 6.07 Å². The monoisotopic (exact) mass is 358 g/mol. The molecule has 0 fully saturated rings. The molecule has 2 rings (SSSR count). The zero-order valence-corrected chi connectivity index (χ0v) is 12.8. The molecule has 1 amide bonds. The van der Waals surface area contributed by atoms with Crippen LogP contribution in [0.3, 0.4) is 0 Å². The number of methoxy groups -OCH3 is 1. The molecule has 0 atom stereocenters. The number of halogens is 4. The van der Waals surface area contributed by atoms with Gasteiger partial charge in [0.25, 0.3) is 11.6 Å². The largest absolute Gasteiger partial charge is 0.491 e. The van der Waals surface area contributed by atoms with Crippen LogP contribution in [-0.2, 0) is 0 Å². The third kappa shape index (κ3) is 3.23. The first-order valence-electron chi connectivity index (χ1n) is 6.65.